The zero-order valence-electron chi connectivity index (χ0n) is 5.47. The van der Waals surface area contributed by atoms with Crippen molar-refractivity contribution in [2.24, 2.45) is 5.73 Å². The third kappa shape index (κ3) is 155. The van der Waals surface area contributed by atoms with Crippen LogP contribution in [0.2, 0.25) is 0 Å². The average Bonchev–Trinajstić information content (AvgIpc) is 1.73. The first kappa shape index (κ1) is 24.3. The van der Waals surface area contributed by atoms with Gasteiger partial charge in [0.1, 0.15) is 0 Å². The largest absolute Gasteiger partial charge is 0.480 e. The van der Waals surface area contributed by atoms with E-state index in [2.05, 4.69) is 18.9 Å². The van der Waals surface area contributed by atoms with Gasteiger partial charge in [0.25, 0.3) is 0 Å². The summed E-state index contributed by atoms with van der Waals surface area (Å²) in [6, 6.07) is 0. The summed E-state index contributed by atoms with van der Waals surface area (Å²) in [4.78, 5) is 9.24. The Balaban J connectivity index is -0.0000000286. The van der Waals surface area contributed by atoms with Crippen LogP contribution in [0, 0.1) is 0 Å². The van der Waals surface area contributed by atoms with Crippen molar-refractivity contribution in [2.45, 2.75) is 0 Å². The quantitative estimate of drug-likeness (QED) is 0.382. The van der Waals surface area contributed by atoms with E-state index in [4.69, 9.17) is 5.11 Å². The summed E-state index contributed by atoms with van der Waals surface area (Å²) in [6.07, 6.45) is 0. The highest BCUT2D eigenvalue weighted by Gasteiger charge is 1.81. The van der Waals surface area contributed by atoms with E-state index in [0.29, 0.717) is 0 Å². The Morgan fingerprint density at radius 3 is 1.56 bits per heavy atom. The number of rotatable bonds is 1. The van der Waals surface area contributed by atoms with Crippen LogP contribution < -0.4 is 18.0 Å². The molecule has 0 aromatic rings. The van der Waals surface area contributed by atoms with Gasteiger partial charge in [-0.25, -0.2) is 0 Å². The summed E-state index contributed by atoms with van der Waals surface area (Å²) in [6.45, 7) is 5.72. The summed E-state index contributed by atoms with van der Waals surface area (Å²) >= 11 is 0. The van der Waals surface area contributed by atoms with Gasteiger partial charge in [-0.05, 0) is 0 Å². The molecule has 0 aromatic heterocycles. The van der Waals surface area contributed by atoms with Crippen molar-refractivity contribution in [2.75, 3.05) is 6.54 Å². The average molecular weight is 137 g/mol. The second-order valence-electron chi connectivity index (χ2n) is 0.598. The van der Waals surface area contributed by atoms with Crippen LogP contribution in [0.1, 0.15) is 0 Å². The molecule has 0 aromatic carbocycles. The van der Waals surface area contributed by atoms with Crippen LogP contribution in [0.25, 0.3) is 0 Å². The van der Waals surface area contributed by atoms with E-state index in [1.54, 1.807) is 0 Å². The lowest BCUT2D eigenvalue weighted by molar-refractivity contribution is -0.135. The molecule has 9 N–H and O–H groups in total. The standard InChI is InChI=1S/C2H5NO2.C2H4.2H3N/c3-1-2(4)5;1-2;;/h1,3H2,(H,4,5);1-2H2;2*1H3. The molecule has 0 radical (unpaired) electrons. The van der Waals surface area contributed by atoms with Gasteiger partial charge in [-0.15, -0.1) is 13.2 Å². The first-order chi connectivity index (χ1) is 3.27. The van der Waals surface area contributed by atoms with Gasteiger partial charge >= 0.3 is 5.97 Å². The minimum atomic E-state index is -0.968. The van der Waals surface area contributed by atoms with Crippen LogP contribution in [0.15, 0.2) is 13.2 Å². The molecule has 0 amide bonds. The summed E-state index contributed by atoms with van der Waals surface area (Å²) in [7, 11) is 0. The molecule has 0 rings (SSSR count). The summed E-state index contributed by atoms with van der Waals surface area (Å²) < 4.78 is 0. The highest BCUT2D eigenvalue weighted by atomic mass is 16.4. The van der Waals surface area contributed by atoms with E-state index in [9.17, 15) is 4.79 Å². The van der Waals surface area contributed by atoms with Crippen molar-refractivity contribution < 1.29 is 9.90 Å². The summed E-state index contributed by atoms with van der Waals surface area (Å²) in [5.74, 6) is -0.968. The molecule has 9 heavy (non-hydrogen) atoms. The lowest BCUT2D eigenvalue weighted by Gasteiger charge is -1.73. The minimum absolute atomic E-state index is 0. The molecule has 0 bridgehead atoms. The number of hydrogen-bond acceptors (Lipinski definition) is 4. The Kier molecular flexibility index (Phi) is 74.4. The monoisotopic (exact) mass is 137 g/mol. The Morgan fingerprint density at radius 2 is 1.56 bits per heavy atom. The maximum Gasteiger partial charge on any atom is 0.317 e. The summed E-state index contributed by atoms with van der Waals surface area (Å²) in [5.41, 5.74) is 4.57. The molecule has 0 atom stereocenters. The van der Waals surface area contributed by atoms with Crippen LogP contribution in [0.5, 0.6) is 0 Å². The normalized spacial score (nSPS) is 4.56. The number of carbonyl (C=O) groups is 1. The van der Waals surface area contributed by atoms with E-state index in [1.807, 2.05) is 0 Å². The highest BCUT2D eigenvalue weighted by molar-refractivity contribution is 5.68. The molecular formula is C4H15N3O2. The van der Waals surface area contributed by atoms with Gasteiger partial charge in [-0.3, -0.25) is 4.79 Å². The molecule has 0 heterocycles. The molecule has 5 nitrogen and oxygen atoms in total. The smallest absolute Gasteiger partial charge is 0.317 e. The zero-order chi connectivity index (χ0) is 6.28. The number of hydrogen-bond donors (Lipinski definition) is 4. The van der Waals surface area contributed by atoms with Crippen LogP contribution in [0.4, 0.5) is 0 Å². The Bertz CT molecular complexity index is 57.8. The predicted octanol–water partition coefficient (Wildman–Crippen LogP) is 0.156. The lowest BCUT2D eigenvalue weighted by Crippen LogP contribution is -2.10. The van der Waals surface area contributed by atoms with Gasteiger partial charge in [0, 0.05) is 0 Å². The fourth-order valence-corrected chi connectivity index (χ4v) is 0. The van der Waals surface area contributed by atoms with Crippen molar-refractivity contribution in [3.05, 3.63) is 13.2 Å². The molecule has 0 saturated carbocycles. The molecule has 0 saturated heterocycles. The van der Waals surface area contributed by atoms with E-state index in [0.717, 1.165) is 0 Å². The van der Waals surface area contributed by atoms with E-state index >= 15 is 0 Å². The topological polar surface area (TPSA) is 133 Å². The maximum absolute atomic E-state index is 9.24. The second kappa shape index (κ2) is 27.5. The van der Waals surface area contributed by atoms with Gasteiger partial charge in [0.15, 0.2) is 0 Å². The predicted molar refractivity (Wildman–Crippen MR) is 38.0 cm³/mol. The fraction of sp³-hybridized carbons (Fsp3) is 0.250. The lowest BCUT2D eigenvalue weighted by atomic mass is 10.7. The first-order valence-corrected chi connectivity index (χ1v) is 1.69. The molecule has 0 unspecified atom stereocenters. The van der Waals surface area contributed by atoms with Crippen molar-refractivity contribution in [1.82, 2.24) is 12.3 Å². The SMILES string of the molecule is C=C.N.N.NCC(=O)O. The Labute approximate surface area is 54.7 Å². The van der Waals surface area contributed by atoms with Crippen molar-refractivity contribution in [3.8, 4) is 0 Å². The molecule has 0 aliphatic heterocycles. The summed E-state index contributed by atoms with van der Waals surface area (Å²) in [5, 5.41) is 7.60. The number of aliphatic carboxylic acids is 1. The molecule has 58 valence electrons. The molecule has 0 aliphatic carbocycles. The highest BCUT2D eigenvalue weighted by Crippen LogP contribution is 1.43. The van der Waals surface area contributed by atoms with Gasteiger partial charge in [-0.2, -0.15) is 0 Å². The van der Waals surface area contributed by atoms with Crippen molar-refractivity contribution in [3.63, 3.8) is 0 Å². The van der Waals surface area contributed by atoms with E-state index in [1.165, 1.54) is 0 Å². The Morgan fingerprint density at radius 1 is 1.44 bits per heavy atom. The third-order valence-corrected chi connectivity index (χ3v) is 0.175. The van der Waals surface area contributed by atoms with Gasteiger partial charge in [-0.1, -0.05) is 0 Å². The van der Waals surface area contributed by atoms with Crippen LogP contribution in [0.3, 0.4) is 0 Å². The van der Waals surface area contributed by atoms with Gasteiger partial charge in [0.05, 0.1) is 6.54 Å². The Hall–Kier alpha value is -0.910. The molecule has 0 aliphatic rings. The van der Waals surface area contributed by atoms with E-state index < -0.39 is 5.97 Å². The fourth-order valence-electron chi connectivity index (χ4n) is 0. The van der Waals surface area contributed by atoms with Crippen LogP contribution >= 0.6 is 0 Å². The number of carboxylic acid groups (broad SMARTS) is 1. The number of carboxylic acids is 1. The number of nitrogens with two attached hydrogens (primary N) is 1. The molecule has 0 fully saturated rings. The van der Waals surface area contributed by atoms with Crippen LogP contribution in [-0.2, 0) is 4.79 Å². The molecule has 0 spiro atoms. The minimum Gasteiger partial charge on any atom is -0.480 e. The molecular weight excluding hydrogens is 122 g/mol. The first-order valence-electron chi connectivity index (χ1n) is 1.69. The van der Waals surface area contributed by atoms with Crippen molar-refractivity contribution in [1.29, 1.82) is 0 Å². The second-order valence-corrected chi connectivity index (χ2v) is 0.598. The van der Waals surface area contributed by atoms with Crippen LogP contribution in [-0.4, -0.2) is 17.6 Å². The van der Waals surface area contributed by atoms with E-state index in [-0.39, 0.29) is 18.8 Å². The van der Waals surface area contributed by atoms with Gasteiger partial charge < -0.3 is 23.1 Å². The zero-order valence-corrected chi connectivity index (χ0v) is 5.47. The molecule has 5 heteroatoms. The van der Waals surface area contributed by atoms with Crippen molar-refractivity contribution >= 4 is 5.97 Å². The van der Waals surface area contributed by atoms with Gasteiger partial charge in [0.2, 0.25) is 0 Å². The maximum atomic E-state index is 9.24. The third-order valence-electron chi connectivity index (χ3n) is 0.175.